The van der Waals surface area contributed by atoms with Gasteiger partial charge in [-0.3, -0.25) is 9.71 Å². The van der Waals surface area contributed by atoms with Gasteiger partial charge in [-0.25, -0.2) is 8.42 Å². The molecule has 2 rings (SSSR count). The number of sulfonamides is 1. The van der Waals surface area contributed by atoms with E-state index in [9.17, 15) is 8.42 Å². The number of nitrogens with zero attached hydrogens (tertiary/aromatic N) is 1. The van der Waals surface area contributed by atoms with E-state index in [1.807, 2.05) is 0 Å². The fourth-order valence-corrected chi connectivity index (χ4v) is 3.53. The predicted octanol–water partition coefficient (Wildman–Crippen LogP) is 3.90. The zero-order chi connectivity index (χ0) is 14.0. The van der Waals surface area contributed by atoms with Gasteiger partial charge in [-0.05, 0) is 62.8 Å². The summed E-state index contributed by atoms with van der Waals surface area (Å²) in [4.78, 5) is 3.72. The Balaban J connectivity index is 2.37. The maximum Gasteiger partial charge on any atom is 0.264 e. The van der Waals surface area contributed by atoms with Crippen LogP contribution in [0.3, 0.4) is 0 Å². The first-order valence-electron chi connectivity index (χ1n) is 4.97. The molecule has 0 saturated carbocycles. The van der Waals surface area contributed by atoms with Gasteiger partial charge in [-0.1, -0.05) is 11.6 Å². The summed E-state index contributed by atoms with van der Waals surface area (Å²) in [5, 5.41) is 0.132. The van der Waals surface area contributed by atoms with Crippen LogP contribution in [0, 0.1) is 3.57 Å². The number of benzene rings is 1. The molecule has 0 bridgehead atoms. The van der Waals surface area contributed by atoms with E-state index >= 15 is 0 Å². The van der Waals surface area contributed by atoms with Crippen LogP contribution < -0.4 is 4.72 Å². The summed E-state index contributed by atoms with van der Waals surface area (Å²) in [6, 6.07) is 6.59. The third-order valence-electron chi connectivity index (χ3n) is 2.20. The lowest BCUT2D eigenvalue weighted by Gasteiger charge is -2.09. The second kappa shape index (κ2) is 5.94. The first-order valence-corrected chi connectivity index (χ1v) is 8.71. The number of aromatic nitrogens is 1. The number of nitrogens with one attached hydrogen (secondary N) is 1. The standard InChI is InChI=1S/C11H7BrClIN2O2S/c12-8-5-7(1-2-10(8)14)16-19(17,18)11-6-15-4-3-9(11)13/h1-6,16H. The van der Waals surface area contributed by atoms with Crippen LogP contribution >= 0.6 is 50.1 Å². The average Bonchev–Trinajstić information content (AvgIpc) is 2.34. The Morgan fingerprint density at radius 3 is 2.68 bits per heavy atom. The molecule has 0 saturated heterocycles. The van der Waals surface area contributed by atoms with Crippen molar-refractivity contribution in [2.24, 2.45) is 0 Å². The molecule has 1 heterocycles. The summed E-state index contributed by atoms with van der Waals surface area (Å²) < 4.78 is 28.6. The maximum atomic E-state index is 12.2. The zero-order valence-corrected chi connectivity index (χ0v) is 14.6. The van der Waals surface area contributed by atoms with E-state index in [-0.39, 0.29) is 9.92 Å². The molecular weight excluding hydrogens is 466 g/mol. The number of pyridine rings is 1. The van der Waals surface area contributed by atoms with Crippen molar-refractivity contribution in [3.05, 3.63) is 49.7 Å². The largest absolute Gasteiger partial charge is 0.279 e. The Morgan fingerprint density at radius 2 is 2.05 bits per heavy atom. The summed E-state index contributed by atoms with van der Waals surface area (Å²) in [7, 11) is -3.74. The molecule has 2 aromatic rings. The molecule has 1 N–H and O–H groups in total. The average molecular weight is 474 g/mol. The summed E-state index contributed by atoms with van der Waals surface area (Å²) in [5.41, 5.74) is 0.451. The highest BCUT2D eigenvalue weighted by atomic mass is 127. The Morgan fingerprint density at radius 1 is 1.32 bits per heavy atom. The van der Waals surface area contributed by atoms with Gasteiger partial charge in [0.25, 0.3) is 10.0 Å². The number of hydrogen-bond donors (Lipinski definition) is 1. The molecule has 0 aliphatic carbocycles. The monoisotopic (exact) mass is 472 g/mol. The zero-order valence-electron chi connectivity index (χ0n) is 9.27. The highest BCUT2D eigenvalue weighted by Gasteiger charge is 2.18. The van der Waals surface area contributed by atoms with E-state index < -0.39 is 10.0 Å². The lowest BCUT2D eigenvalue weighted by Crippen LogP contribution is -2.13. The molecule has 0 unspecified atom stereocenters. The maximum absolute atomic E-state index is 12.2. The molecule has 4 nitrogen and oxygen atoms in total. The summed E-state index contributed by atoms with van der Waals surface area (Å²) in [5.74, 6) is 0. The van der Waals surface area contributed by atoms with Gasteiger partial charge in [0.15, 0.2) is 0 Å². The fraction of sp³-hybridized carbons (Fsp3) is 0. The third kappa shape index (κ3) is 3.59. The number of anilines is 1. The first-order chi connectivity index (χ1) is 8.90. The summed E-state index contributed by atoms with van der Waals surface area (Å²) in [6.45, 7) is 0. The van der Waals surface area contributed by atoms with Gasteiger partial charge in [0.2, 0.25) is 0 Å². The van der Waals surface area contributed by atoms with E-state index in [2.05, 4.69) is 48.2 Å². The SMILES string of the molecule is O=S(=O)(Nc1ccc(I)c(Br)c1)c1cnccc1Cl. The molecule has 0 spiro atoms. The normalized spacial score (nSPS) is 11.3. The minimum atomic E-state index is -3.74. The van der Waals surface area contributed by atoms with Crippen LogP contribution in [0.1, 0.15) is 0 Å². The van der Waals surface area contributed by atoms with Gasteiger partial charge in [-0.15, -0.1) is 0 Å². The number of halogens is 3. The van der Waals surface area contributed by atoms with E-state index in [1.165, 1.54) is 18.5 Å². The van der Waals surface area contributed by atoms with Gasteiger partial charge in [-0.2, -0.15) is 0 Å². The van der Waals surface area contributed by atoms with Crippen molar-refractivity contribution in [2.45, 2.75) is 4.90 Å². The van der Waals surface area contributed by atoms with Crippen LogP contribution in [0.15, 0.2) is 46.0 Å². The second-order valence-electron chi connectivity index (χ2n) is 3.54. The summed E-state index contributed by atoms with van der Waals surface area (Å²) >= 11 is 11.3. The molecule has 0 radical (unpaired) electrons. The van der Waals surface area contributed by atoms with Gasteiger partial charge >= 0.3 is 0 Å². The van der Waals surface area contributed by atoms with Gasteiger partial charge in [0, 0.05) is 20.4 Å². The second-order valence-corrected chi connectivity index (χ2v) is 7.62. The van der Waals surface area contributed by atoms with Crippen LogP contribution in [0.4, 0.5) is 5.69 Å². The van der Waals surface area contributed by atoms with Crippen molar-refractivity contribution in [3.63, 3.8) is 0 Å². The quantitative estimate of drug-likeness (QED) is 0.688. The molecule has 0 aliphatic heterocycles. The molecule has 19 heavy (non-hydrogen) atoms. The van der Waals surface area contributed by atoms with Crippen LogP contribution in [-0.2, 0) is 10.0 Å². The predicted molar refractivity (Wildman–Crippen MR) is 86.9 cm³/mol. The first kappa shape index (κ1) is 15.0. The highest BCUT2D eigenvalue weighted by Crippen LogP contribution is 2.26. The fourth-order valence-electron chi connectivity index (χ4n) is 1.33. The Hall–Kier alpha value is -0.380. The topological polar surface area (TPSA) is 59.1 Å². The van der Waals surface area contributed by atoms with Gasteiger partial charge in [0.05, 0.1) is 10.7 Å². The third-order valence-corrected chi connectivity index (χ3v) is 6.38. The highest BCUT2D eigenvalue weighted by molar-refractivity contribution is 14.1. The van der Waals surface area contributed by atoms with E-state index in [0.717, 1.165) is 8.04 Å². The number of hydrogen-bond acceptors (Lipinski definition) is 3. The lowest BCUT2D eigenvalue weighted by atomic mass is 10.3. The van der Waals surface area contributed by atoms with E-state index in [4.69, 9.17) is 11.6 Å². The molecular formula is C11H7BrClIN2O2S. The van der Waals surface area contributed by atoms with Crippen molar-refractivity contribution in [1.29, 1.82) is 0 Å². The van der Waals surface area contributed by atoms with Crippen molar-refractivity contribution in [3.8, 4) is 0 Å². The molecule has 0 aliphatic rings. The van der Waals surface area contributed by atoms with Gasteiger partial charge < -0.3 is 0 Å². The molecule has 0 amide bonds. The van der Waals surface area contributed by atoms with Crippen molar-refractivity contribution in [1.82, 2.24) is 4.98 Å². The van der Waals surface area contributed by atoms with Crippen LogP contribution in [0.2, 0.25) is 5.02 Å². The molecule has 1 aromatic carbocycles. The molecule has 0 fully saturated rings. The smallest absolute Gasteiger partial charge is 0.264 e. The van der Waals surface area contributed by atoms with Gasteiger partial charge in [0.1, 0.15) is 4.90 Å². The summed E-state index contributed by atoms with van der Waals surface area (Å²) in [6.07, 6.45) is 2.65. The minimum absolute atomic E-state index is 0.0497. The number of rotatable bonds is 3. The molecule has 8 heteroatoms. The van der Waals surface area contributed by atoms with E-state index in [1.54, 1.807) is 18.2 Å². The molecule has 0 atom stereocenters. The van der Waals surface area contributed by atoms with Crippen LogP contribution in [-0.4, -0.2) is 13.4 Å². The Bertz CT molecular complexity index is 724. The molecule has 1 aromatic heterocycles. The van der Waals surface area contributed by atoms with E-state index in [0.29, 0.717) is 5.69 Å². The lowest BCUT2D eigenvalue weighted by molar-refractivity contribution is 0.601. The van der Waals surface area contributed by atoms with Crippen LogP contribution in [0.5, 0.6) is 0 Å². The Kier molecular flexibility index (Phi) is 4.70. The minimum Gasteiger partial charge on any atom is -0.279 e. The van der Waals surface area contributed by atoms with Crippen molar-refractivity contribution >= 4 is 65.8 Å². The molecule has 100 valence electrons. The van der Waals surface area contributed by atoms with Crippen molar-refractivity contribution < 1.29 is 8.42 Å². The van der Waals surface area contributed by atoms with Crippen molar-refractivity contribution in [2.75, 3.05) is 4.72 Å². The van der Waals surface area contributed by atoms with Crippen LogP contribution in [0.25, 0.3) is 0 Å². The Labute approximate surface area is 137 Å².